The van der Waals surface area contributed by atoms with Gasteiger partial charge in [0.15, 0.2) is 0 Å². The molecule has 0 saturated heterocycles. The van der Waals surface area contributed by atoms with Gasteiger partial charge in [0.1, 0.15) is 16.1 Å². The molecule has 0 saturated carbocycles. The molecule has 0 unspecified atom stereocenters. The predicted molar refractivity (Wildman–Crippen MR) is 139 cm³/mol. The molecular formula is C27H30N2O4S. The number of nitrogens with zero attached hydrogens (tertiary/aromatic N) is 1. The Kier molecular flexibility index (Phi) is 6.16. The predicted octanol–water partition coefficient (Wildman–Crippen LogP) is 6.65. The van der Waals surface area contributed by atoms with E-state index in [1.807, 2.05) is 76.4 Å². The molecule has 4 aromatic rings. The van der Waals surface area contributed by atoms with Gasteiger partial charge in [-0.25, -0.2) is 4.79 Å². The van der Waals surface area contributed by atoms with Crippen molar-refractivity contribution in [2.75, 3.05) is 14.2 Å². The Morgan fingerprint density at radius 1 is 1.15 bits per heavy atom. The van der Waals surface area contributed by atoms with E-state index in [-0.39, 0.29) is 17.7 Å². The molecule has 2 aromatic heterocycles. The fourth-order valence-corrected chi connectivity index (χ4v) is 4.96. The fraction of sp³-hybridized carbons (Fsp3) is 0.333. The smallest absolute Gasteiger partial charge is 0.410 e. The van der Waals surface area contributed by atoms with Gasteiger partial charge < -0.3 is 19.4 Å². The van der Waals surface area contributed by atoms with Crippen LogP contribution in [0.15, 0.2) is 46.6 Å². The number of ether oxygens (including phenoxy) is 2. The van der Waals surface area contributed by atoms with Gasteiger partial charge >= 0.3 is 6.09 Å². The average molecular weight is 479 g/mol. The second-order valence-electron chi connectivity index (χ2n) is 9.53. The van der Waals surface area contributed by atoms with Crippen molar-refractivity contribution in [3.8, 4) is 16.9 Å². The maximum Gasteiger partial charge on any atom is 0.410 e. The first kappa shape index (κ1) is 23.8. The number of aromatic amines is 1. The number of methoxy groups -OCH3 is 1. The first-order chi connectivity index (χ1) is 16.0. The largest absolute Gasteiger partial charge is 0.496 e. The van der Waals surface area contributed by atoms with Gasteiger partial charge in [0.2, 0.25) is 0 Å². The van der Waals surface area contributed by atoms with Gasteiger partial charge in [-0.05, 0) is 68.8 Å². The maximum absolute atomic E-state index is 12.6. The monoisotopic (exact) mass is 478 g/mol. The minimum absolute atomic E-state index is 0.0777. The summed E-state index contributed by atoms with van der Waals surface area (Å²) in [4.78, 5) is 29.8. The quantitative estimate of drug-likeness (QED) is 0.356. The standard InChI is InChI=1S/C27H30N2O4S/c1-15-14-20(32-7)21(22-19-12-13-34-24(19)25(30)28-23(15)22)18-10-8-17(9-11-18)16(2)29(6)26(31)33-27(3,4)5/h8-14,16H,1-7H3,(H,28,30)/t16-/m1/s1. The molecule has 1 amide bonds. The molecule has 0 aliphatic rings. The molecule has 1 atom stereocenters. The summed E-state index contributed by atoms with van der Waals surface area (Å²) >= 11 is 1.43. The molecule has 1 N–H and O–H groups in total. The molecule has 0 fully saturated rings. The van der Waals surface area contributed by atoms with Gasteiger partial charge in [0.05, 0.1) is 18.7 Å². The first-order valence-electron chi connectivity index (χ1n) is 11.2. The molecule has 2 aromatic carbocycles. The fourth-order valence-electron chi connectivity index (χ4n) is 4.16. The van der Waals surface area contributed by atoms with Crippen LogP contribution in [0.1, 0.15) is 44.9 Å². The molecule has 0 bridgehead atoms. The lowest BCUT2D eigenvalue weighted by atomic mass is 9.94. The van der Waals surface area contributed by atoms with Crippen molar-refractivity contribution in [2.45, 2.75) is 46.3 Å². The van der Waals surface area contributed by atoms with E-state index >= 15 is 0 Å². The summed E-state index contributed by atoms with van der Waals surface area (Å²) in [6.07, 6.45) is -0.362. The summed E-state index contributed by atoms with van der Waals surface area (Å²) in [6, 6.07) is 11.9. The first-order valence-corrected chi connectivity index (χ1v) is 12.1. The van der Waals surface area contributed by atoms with Gasteiger partial charge in [-0.15, -0.1) is 11.3 Å². The maximum atomic E-state index is 12.6. The third-order valence-corrected chi connectivity index (χ3v) is 6.94. The molecule has 0 aliphatic carbocycles. The van der Waals surface area contributed by atoms with Crippen LogP contribution in [-0.4, -0.2) is 35.7 Å². The number of aryl methyl sites for hydroxylation is 1. The van der Waals surface area contributed by atoms with E-state index in [0.717, 1.165) is 44.3 Å². The highest BCUT2D eigenvalue weighted by molar-refractivity contribution is 7.17. The third kappa shape index (κ3) is 4.28. The lowest BCUT2D eigenvalue weighted by Crippen LogP contribution is -2.35. The molecule has 178 valence electrons. The summed E-state index contributed by atoms with van der Waals surface area (Å²) < 4.78 is 12.0. The molecule has 6 nitrogen and oxygen atoms in total. The number of hydrogen-bond donors (Lipinski definition) is 1. The zero-order valence-corrected chi connectivity index (χ0v) is 21.4. The van der Waals surface area contributed by atoms with Crippen molar-refractivity contribution in [1.29, 1.82) is 0 Å². The van der Waals surface area contributed by atoms with Crippen molar-refractivity contribution in [3.05, 3.63) is 63.3 Å². The van der Waals surface area contributed by atoms with Crippen LogP contribution in [0.25, 0.3) is 32.1 Å². The Morgan fingerprint density at radius 3 is 2.44 bits per heavy atom. The number of fused-ring (bicyclic) bond motifs is 3. The minimum atomic E-state index is -0.550. The van der Waals surface area contributed by atoms with Crippen LogP contribution in [0.2, 0.25) is 0 Å². The Labute approximate surface area is 203 Å². The number of thiophene rings is 1. The van der Waals surface area contributed by atoms with Crippen molar-refractivity contribution >= 4 is 38.4 Å². The van der Waals surface area contributed by atoms with E-state index in [2.05, 4.69) is 4.98 Å². The Hall–Kier alpha value is -3.32. The number of aromatic nitrogens is 1. The Balaban J connectivity index is 1.80. The van der Waals surface area contributed by atoms with Gasteiger partial charge in [0, 0.05) is 23.4 Å². The number of pyridine rings is 1. The van der Waals surface area contributed by atoms with Gasteiger partial charge in [-0.1, -0.05) is 24.3 Å². The molecule has 7 heteroatoms. The Bertz CT molecular complexity index is 1430. The normalized spacial score (nSPS) is 12.7. The molecule has 0 spiro atoms. The number of benzene rings is 2. The summed E-state index contributed by atoms with van der Waals surface area (Å²) in [5.41, 5.74) is 4.03. The van der Waals surface area contributed by atoms with E-state index in [4.69, 9.17) is 9.47 Å². The molecule has 4 rings (SSSR count). The molecule has 0 aliphatic heterocycles. The number of nitrogens with one attached hydrogen (secondary N) is 1. The average Bonchev–Trinajstić information content (AvgIpc) is 3.28. The number of H-pyrrole nitrogens is 1. The molecule has 2 heterocycles. The van der Waals surface area contributed by atoms with Gasteiger partial charge in [0.25, 0.3) is 5.56 Å². The second-order valence-corrected chi connectivity index (χ2v) is 10.4. The highest BCUT2D eigenvalue weighted by atomic mass is 32.1. The van der Waals surface area contributed by atoms with Crippen LogP contribution < -0.4 is 10.3 Å². The van der Waals surface area contributed by atoms with E-state index in [9.17, 15) is 9.59 Å². The lowest BCUT2D eigenvalue weighted by molar-refractivity contribution is 0.0234. The van der Waals surface area contributed by atoms with E-state index in [1.165, 1.54) is 11.3 Å². The second kappa shape index (κ2) is 8.80. The number of rotatable bonds is 4. The molecule has 0 radical (unpaired) electrons. The van der Waals surface area contributed by atoms with E-state index in [0.29, 0.717) is 4.70 Å². The summed E-state index contributed by atoms with van der Waals surface area (Å²) in [7, 11) is 3.40. The van der Waals surface area contributed by atoms with E-state index in [1.54, 1.807) is 19.1 Å². The van der Waals surface area contributed by atoms with Crippen molar-refractivity contribution in [3.63, 3.8) is 0 Å². The summed E-state index contributed by atoms with van der Waals surface area (Å²) in [5.74, 6) is 0.747. The molecular weight excluding hydrogens is 448 g/mol. The lowest BCUT2D eigenvalue weighted by Gasteiger charge is -2.29. The highest BCUT2D eigenvalue weighted by Crippen LogP contribution is 2.42. The van der Waals surface area contributed by atoms with Crippen LogP contribution in [0, 0.1) is 6.92 Å². The van der Waals surface area contributed by atoms with Crippen molar-refractivity contribution in [2.24, 2.45) is 0 Å². The topological polar surface area (TPSA) is 71.6 Å². The van der Waals surface area contributed by atoms with Crippen LogP contribution in [0.4, 0.5) is 4.79 Å². The minimum Gasteiger partial charge on any atom is -0.496 e. The van der Waals surface area contributed by atoms with Crippen LogP contribution >= 0.6 is 11.3 Å². The highest BCUT2D eigenvalue weighted by Gasteiger charge is 2.24. The third-order valence-electron chi connectivity index (χ3n) is 6.03. The number of carbonyl (C=O) groups is 1. The summed E-state index contributed by atoms with van der Waals surface area (Å²) in [6.45, 7) is 9.51. The number of amides is 1. The van der Waals surface area contributed by atoms with Crippen molar-refractivity contribution in [1.82, 2.24) is 9.88 Å². The van der Waals surface area contributed by atoms with Crippen molar-refractivity contribution < 1.29 is 14.3 Å². The Morgan fingerprint density at radius 2 is 1.82 bits per heavy atom. The number of hydrogen-bond acceptors (Lipinski definition) is 5. The zero-order valence-electron chi connectivity index (χ0n) is 20.6. The van der Waals surface area contributed by atoms with Gasteiger partial charge in [-0.3, -0.25) is 4.79 Å². The van der Waals surface area contributed by atoms with Crippen LogP contribution in [-0.2, 0) is 4.74 Å². The zero-order chi connectivity index (χ0) is 24.8. The molecule has 34 heavy (non-hydrogen) atoms. The van der Waals surface area contributed by atoms with Crippen LogP contribution in [0.5, 0.6) is 5.75 Å². The summed E-state index contributed by atoms with van der Waals surface area (Å²) in [5, 5.41) is 3.83. The van der Waals surface area contributed by atoms with Crippen LogP contribution in [0.3, 0.4) is 0 Å². The number of carbonyl (C=O) groups excluding carboxylic acids is 1. The SMILES string of the molecule is COc1cc(C)c2[nH]c(=O)c3sccc3c2c1-c1ccc([C@@H](C)N(C)C(=O)OC(C)(C)C)cc1. The van der Waals surface area contributed by atoms with E-state index < -0.39 is 5.60 Å². The van der Waals surface area contributed by atoms with Gasteiger partial charge in [-0.2, -0.15) is 0 Å².